The van der Waals surface area contributed by atoms with Crippen LogP contribution in [-0.2, 0) is 0 Å². The molecule has 0 unspecified atom stereocenters. The first-order chi connectivity index (χ1) is 8.24. The summed E-state index contributed by atoms with van der Waals surface area (Å²) in [6.07, 6.45) is 0.879. The van der Waals surface area contributed by atoms with E-state index >= 15 is 0 Å². The fourth-order valence-corrected chi connectivity index (χ4v) is 2.81. The van der Waals surface area contributed by atoms with E-state index in [2.05, 4.69) is 32.7 Å². The van der Waals surface area contributed by atoms with Gasteiger partial charge in [0.1, 0.15) is 6.29 Å². The molecule has 1 saturated heterocycles. The van der Waals surface area contributed by atoms with Gasteiger partial charge in [0.25, 0.3) is 0 Å². The molecule has 0 aliphatic carbocycles. The van der Waals surface area contributed by atoms with Gasteiger partial charge in [0.15, 0.2) is 0 Å². The third kappa shape index (κ3) is 2.87. The molecule has 4 heteroatoms. The molecule has 0 saturated carbocycles. The Bertz CT molecular complexity index is 400. The second kappa shape index (κ2) is 5.65. The molecule has 2 rings (SSSR count). The van der Waals surface area contributed by atoms with E-state index in [0.717, 1.165) is 43.5 Å². The SMILES string of the molecule is CCN1CCN(c2ccc(C=O)cc2Br)CC1. The molecule has 0 amide bonds. The number of hydrogen-bond acceptors (Lipinski definition) is 3. The van der Waals surface area contributed by atoms with Crippen molar-refractivity contribution in [3.8, 4) is 0 Å². The van der Waals surface area contributed by atoms with Gasteiger partial charge in [-0.25, -0.2) is 0 Å². The van der Waals surface area contributed by atoms with Gasteiger partial charge in [-0.05, 0) is 40.7 Å². The molecule has 0 aromatic heterocycles. The Hall–Kier alpha value is -0.870. The molecular formula is C13H17BrN2O. The highest BCUT2D eigenvalue weighted by atomic mass is 79.9. The van der Waals surface area contributed by atoms with E-state index in [0.29, 0.717) is 5.56 Å². The zero-order valence-electron chi connectivity index (χ0n) is 10.0. The summed E-state index contributed by atoms with van der Waals surface area (Å²) >= 11 is 3.54. The Morgan fingerprint density at radius 1 is 1.29 bits per heavy atom. The van der Waals surface area contributed by atoms with E-state index in [1.54, 1.807) is 0 Å². The highest BCUT2D eigenvalue weighted by Gasteiger charge is 2.17. The van der Waals surface area contributed by atoms with Gasteiger partial charge in [-0.1, -0.05) is 6.92 Å². The largest absolute Gasteiger partial charge is 0.368 e. The normalized spacial score (nSPS) is 17.2. The number of piperazine rings is 1. The van der Waals surface area contributed by atoms with Crippen LogP contribution in [0.15, 0.2) is 22.7 Å². The standard InChI is InChI=1S/C13H17BrN2O/c1-2-15-5-7-16(8-6-15)13-4-3-11(10-17)9-12(13)14/h3-4,9-10H,2,5-8H2,1H3. The maximum atomic E-state index is 10.7. The Morgan fingerprint density at radius 2 is 2.00 bits per heavy atom. The van der Waals surface area contributed by atoms with Gasteiger partial charge >= 0.3 is 0 Å². The molecule has 1 fully saturated rings. The molecule has 1 aliphatic heterocycles. The number of likely N-dealkylation sites (N-methyl/N-ethyl adjacent to an activating group) is 1. The molecule has 1 heterocycles. The first-order valence-corrected chi connectivity index (χ1v) is 6.76. The summed E-state index contributed by atoms with van der Waals surface area (Å²) in [5.41, 5.74) is 1.90. The summed E-state index contributed by atoms with van der Waals surface area (Å²) in [6.45, 7) is 7.64. The summed E-state index contributed by atoms with van der Waals surface area (Å²) in [6, 6.07) is 5.78. The first-order valence-electron chi connectivity index (χ1n) is 5.96. The van der Waals surface area contributed by atoms with Crippen LogP contribution in [-0.4, -0.2) is 43.9 Å². The van der Waals surface area contributed by atoms with E-state index in [1.807, 2.05) is 18.2 Å². The van der Waals surface area contributed by atoms with Gasteiger partial charge in [0, 0.05) is 36.2 Å². The van der Waals surface area contributed by atoms with Gasteiger partial charge in [-0.15, -0.1) is 0 Å². The number of anilines is 1. The number of benzene rings is 1. The van der Waals surface area contributed by atoms with Crippen molar-refractivity contribution in [1.29, 1.82) is 0 Å². The lowest BCUT2D eigenvalue weighted by Gasteiger charge is -2.36. The fourth-order valence-electron chi connectivity index (χ4n) is 2.16. The summed E-state index contributed by atoms with van der Waals surface area (Å²) in [5.74, 6) is 0. The molecule has 1 aromatic rings. The van der Waals surface area contributed by atoms with E-state index in [-0.39, 0.29) is 0 Å². The Morgan fingerprint density at radius 3 is 2.53 bits per heavy atom. The van der Waals surface area contributed by atoms with E-state index in [1.165, 1.54) is 5.69 Å². The minimum absolute atomic E-state index is 0.716. The van der Waals surface area contributed by atoms with Crippen LogP contribution in [0.2, 0.25) is 0 Å². The van der Waals surface area contributed by atoms with Crippen LogP contribution < -0.4 is 4.90 Å². The van der Waals surface area contributed by atoms with Gasteiger partial charge < -0.3 is 9.80 Å². The number of aldehydes is 1. The zero-order chi connectivity index (χ0) is 12.3. The van der Waals surface area contributed by atoms with Crippen molar-refractivity contribution in [2.24, 2.45) is 0 Å². The topological polar surface area (TPSA) is 23.6 Å². The lowest BCUT2D eigenvalue weighted by atomic mass is 10.2. The second-order valence-corrected chi connectivity index (χ2v) is 5.10. The highest BCUT2D eigenvalue weighted by Crippen LogP contribution is 2.27. The van der Waals surface area contributed by atoms with Crippen LogP contribution in [0.4, 0.5) is 5.69 Å². The molecule has 0 bridgehead atoms. The van der Waals surface area contributed by atoms with Crippen molar-refractivity contribution in [1.82, 2.24) is 4.90 Å². The Labute approximate surface area is 111 Å². The van der Waals surface area contributed by atoms with Crippen LogP contribution in [0.5, 0.6) is 0 Å². The molecule has 1 aliphatic rings. The molecule has 1 aromatic carbocycles. The lowest BCUT2D eigenvalue weighted by molar-refractivity contribution is 0.112. The van der Waals surface area contributed by atoms with Crippen molar-refractivity contribution in [3.63, 3.8) is 0 Å². The molecule has 0 atom stereocenters. The van der Waals surface area contributed by atoms with Gasteiger partial charge in [0.05, 0.1) is 5.69 Å². The quantitative estimate of drug-likeness (QED) is 0.801. The predicted molar refractivity (Wildman–Crippen MR) is 73.9 cm³/mol. The highest BCUT2D eigenvalue weighted by molar-refractivity contribution is 9.10. The van der Waals surface area contributed by atoms with E-state index in [9.17, 15) is 4.79 Å². The van der Waals surface area contributed by atoms with Crippen LogP contribution >= 0.6 is 15.9 Å². The number of halogens is 1. The van der Waals surface area contributed by atoms with Gasteiger partial charge in [0.2, 0.25) is 0 Å². The minimum atomic E-state index is 0.716. The molecule has 92 valence electrons. The van der Waals surface area contributed by atoms with Crippen molar-refractivity contribution in [3.05, 3.63) is 28.2 Å². The molecule has 3 nitrogen and oxygen atoms in total. The molecule has 0 radical (unpaired) electrons. The number of rotatable bonds is 3. The number of carbonyl (C=O) groups is 1. The van der Waals surface area contributed by atoms with Crippen molar-refractivity contribution < 1.29 is 4.79 Å². The van der Waals surface area contributed by atoms with Crippen molar-refractivity contribution in [2.45, 2.75) is 6.92 Å². The van der Waals surface area contributed by atoms with Crippen molar-refractivity contribution in [2.75, 3.05) is 37.6 Å². The number of nitrogens with zero attached hydrogens (tertiary/aromatic N) is 2. The smallest absolute Gasteiger partial charge is 0.150 e. The van der Waals surface area contributed by atoms with Crippen LogP contribution in [0.25, 0.3) is 0 Å². The Kier molecular flexibility index (Phi) is 4.18. The minimum Gasteiger partial charge on any atom is -0.368 e. The lowest BCUT2D eigenvalue weighted by Crippen LogP contribution is -2.46. The Balaban J connectivity index is 2.10. The molecular weight excluding hydrogens is 280 g/mol. The predicted octanol–water partition coefficient (Wildman–Crippen LogP) is 2.40. The summed E-state index contributed by atoms with van der Waals surface area (Å²) in [5, 5.41) is 0. The van der Waals surface area contributed by atoms with Crippen LogP contribution in [0.3, 0.4) is 0 Å². The van der Waals surface area contributed by atoms with Crippen LogP contribution in [0, 0.1) is 0 Å². The van der Waals surface area contributed by atoms with Gasteiger partial charge in [-0.2, -0.15) is 0 Å². The maximum absolute atomic E-state index is 10.7. The average molecular weight is 297 g/mol. The van der Waals surface area contributed by atoms with Crippen molar-refractivity contribution >= 4 is 27.9 Å². The molecule has 0 N–H and O–H groups in total. The summed E-state index contributed by atoms with van der Waals surface area (Å²) < 4.78 is 1.01. The van der Waals surface area contributed by atoms with Crippen LogP contribution in [0.1, 0.15) is 17.3 Å². The van der Waals surface area contributed by atoms with E-state index in [4.69, 9.17) is 0 Å². The summed E-state index contributed by atoms with van der Waals surface area (Å²) in [7, 11) is 0. The fraction of sp³-hybridized carbons (Fsp3) is 0.462. The average Bonchev–Trinajstić information content (AvgIpc) is 2.39. The number of carbonyl (C=O) groups excluding carboxylic acids is 1. The third-order valence-corrected chi connectivity index (χ3v) is 3.90. The monoisotopic (exact) mass is 296 g/mol. The first kappa shape index (κ1) is 12.6. The number of hydrogen-bond donors (Lipinski definition) is 0. The second-order valence-electron chi connectivity index (χ2n) is 4.25. The molecule has 17 heavy (non-hydrogen) atoms. The third-order valence-electron chi connectivity index (χ3n) is 3.27. The summed E-state index contributed by atoms with van der Waals surface area (Å²) in [4.78, 5) is 15.5. The van der Waals surface area contributed by atoms with E-state index < -0.39 is 0 Å². The molecule has 0 spiro atoms. The van der Waals surface area contributed by atoms with Gasteiger partial charge in [-0.3, -0.25) is 4.79 Å². The maximum Gasteiger partial charge on any atom is 0.150 e. The zero-order valence-corrected chi connectivity index (χ0v) is 11.6.